The number of amides is 3. The number of thiazole rings is 1. The number of anilines is 2. The fourth-order valence-electron chi connectivity index (χ4n) is 4.43. The van der Waals surface area contributed by atoms with Crippen molar-refractivity contribution in [3.8, 4) is 0 Å². The van der Waals surface area contributed by atoms with E-state index in [1.54, 1.807) is 23.2 Å². The number of carbonyl (C=O) groups is 3. The average Bonchev–Trinajstić information content (AvgIpc) is 3.35. The molecule has 0 radical (unpaired) electrons. The zero-order valence-electron chi connectivity index (χ0n) is 18.0. The normalized spacial score (nSPS) is 18.3. The number of nitrogens with one attached hydrogen (secondary N) is 2. The largest absolute Gasteiger partial charge is 0.359 e. The summed E-state index contributed by atoms with van der Waals surface area (Å²) in [6.07, 6.45) is 6.77. The summed E-state index contributed by atoms with van der Waals surface area (Å²) in [6, 6.07) is 8.32. The number of rotatable bonds is 7. The van der Waals surface area contributed by atoms with Crippen LogP contribution in [0.2, 0.25) is 0 Å². The van der Waals surface area contributed by atoms with Crippen molar-refractivity contribution >= 4 is 39.9 Å². The maximum absolute atomic E-state index is 13.4. The Hall–Kier alpha value is -2.94. The van der Waals surface area contributed by atoms with Crippen LogP contribution in [0.1, 0.15) is 32.1 Å². The van der Waals surface area contributed by atoms with Crippen molar-refractivity contribution in [1.29, 1.82) is 0 Å². The predicted octanol–water partition coefficient (Wildman–Crippen LogP) is 3.45. The molecule has 2 aliphatic rings. The maximum Gasteiger partial charge on any atom is 0.322 e. The molecule has 2 aromatic rings. The molecule has 0 bridgehead atoms. The van der Waals surface area contributed by atoms with Gasteiger partial charge >= 0.3 is 6.03 Å². The molecule has 1 aliphatic heterocycles. The topological polar surface area (TPSA) is 94.6 Å². The summed E-state index contributed by atoms with van der Waals surface area (Å²) >= 11 is 1.47. The maximum atomic E-state index is 13.4. The van der Waals surface area contributed by atoms with Gasteiger partial charge in [-0.1, -0.05) is 37.5 Å². The third kappa shape index (κ3) is 5.45. The molecule has 1 saturated carbocycles. The van der Waals surface area contributed by atoms with E-state index in [1.807, 2.05) is 23.6 Å². The highest BCUT2D eigenvalue weighted by Crippen LogP contribution is 2.27. The molecule has 1 saturated heterocycles. The molecule has 2 N–H and O–H groups in total. The van der Waals surface area contributed by atoms with Gasteiger partial charge in [-0.05, 0) is 25.0 Å². The highest BCUT2D eigenvalue weighted by atomic mass is 32.1. The van der Waals surface area contributed by atoms with Gasteiger partial charge < -0.3 is 20.4 Å². The monoisotopic (exact) mass is 455 g/mol. The third-order valence-electron chi connectivity index (χ3n) is 6.16. The summed E-state index contributed by atoms with van der Waals surface area (Å²) in [5, 5.41) is 8.66. The molecule has 2 heterocycles. The lowest BCUT2D eigenvalue weighted by Gasteiger charge is -2.39. The number of piperazine rings is 1. The number of urea groups is 1. The smallest absolute Gasteiger partial charge is 0.322 e. The first kappa shape index (κ1) is 22.3. The minimum Gasteiger partial charge on any atom is -0.359 e. The van der Waals surface area contributed by atoms with E-state index in [1.165, 1.54) is 22.7 Å². The Morgan fingerprint density at radius 2 is 1.91 bits per heavy atom. The highest BCUT2D eigenvalue weighted by molar-refractivity contribution is 7.13. The summed E-state index contributed by atoms with van der Waals surface area (Å²) in [5.74, 6) is -0.0714. The number of carbonyl (C=O) groups excluding carboxylic acids is 3. The Bertz CT molecular complexity index is 915. The number of aromatic nitrogens is 1. The van der Waals surface area contributed by atoms with Crippen LogP contribution in [-0.2, 0) is 9.59 Å². The minimum atomic E-state index is -0.547. The van der Waals surface area contributed by atoms with Crippen LogP contribution in [0.5, 0.6) is 0 Å². The van der Waals surface area contributed by atoms with Crippen molar-refractivity contribution in [3.05, 3.63) is 41.9 Å². The lowest BCUT2D eigenvalue weighted by Crippen LogP contribution is -2.60. The van der Waals surface area contributed by atoms with Crippen LogP contribution in [0, 0.1) is 5.92 Å². The minimum absolute atomic E-state index is 0.000876. The second kappa shape index (κ2) is 10.6. The van der Waals surface area contributed by atoms with Crippen LogP contribution in [0.25, 0.3) is 0 Å². The third-order valence-corrected chi connectivity index (χ3v) is 6.89. The van der Waals surface area contributed by atoms with Crippen molar-refractivity contribution in [1.82, 2.24) is 14.8 Å². The first-order valence-corrected chi connectivity index (χ1v) is 12.1. The fourth-order valence-corrected chi connectivity index (χ4v) is 4.97. The van der Waals surface area contributed by atoms with Crippen molar-refractivity contribution in [3.63, 3.8) is 0 Å². The zero-order valence-corrected chi connectivity index (χ0v) is 18.9. The van der Waals surface area contributed by atoms with Crippen LogP contribution >= 0.6 is 11.3 Å². The number of para-hydroxylation sites is 1. The molecule has 1 aromatic carbocycles. The van der Waals surface area contributed by atoms with Crippen LogP contribution in [-0.4, -0.2) is 64.7 Å². The second-order valence-corrected chi connectivity index (χ2v) is 9.17. The molecular weight excluding hydrogens is 426 g/mol. The number of nitrogens with zero attached hydrogens (tertiary/aromatic N) is 3. The highest BCUT2D eigenvalue weighted by Gasteiger charge is 2.38. The van der Waals surface area contributed by atoms with Crippen molar-refractivity contribution < 1.29 is 14.4 Å². The first-order chi connectivity index (χ1) is 15.6. The van der Waals surface area contributed by atoms with Crippen molar-refractivity contribution in [2.45, 2.75) is 38.1 Å². The van der Waals surface area contributed by atoms with Crippen LogP contribution in [0.15, 0.2) is 41.9 Å². The first-order valence-electron chi connectivity index (χ1n) is 11.2. The molecule has 0 spiro atoms. The van der Waals surface area contributed by atoms with E-state index in [0.29, 0.717) is 25.3 Å². The van der Waals surface area contributed by atoms with Gasteiger partial charge in [0.1, 0.15) is 12.6 Å². The van der Waals surface area contributed by atoms with E-state index in [9.17, 15) is 14.4 Å². The Morgan fingerprint density at radius 1 is 1.12 bits per heavy atom. The Labute approximate surface area is 192 Å². The summed E-state index contributed by atoms with van der Waals surface area (Å²) in [6.45, 7) is 1.02. The molecule has 1 atom stereocenters. The van der Waals surface area contributed by atoms with Crippen molar-refractivity contribution in [2.24, 2.45) is 5.92 Å². The summed E-state index contributed by atoms with van der Waals surface area (Å²) < 4.78 is 0. The van der Waals surface area contributed by atoms with Gasteiger partial charge in [-0.3, -0.25) is 9.59 Å². The Balaban J connectivity index is 1.42. The molecule has 2 fully saturated rings. The van der Waals surface area contributed by atoms with Gasteiger partial charge in [0.25, 0.3) is 0 Å². The number of Topliss-reactive ketones (excluding diaryl/α,β-unsaturated/α-hetero) is 1. The molecule has 8 nitrogen and oxygen atoms in total. The Morgan fingerprint density at radius 3 is 2.59 bits per heavy atom. The second-order valence-electron chi connectivity index (χ2n) is 8.28. The van der Waals surface area contributed by atoms with E-state index < -0.39 is 6.04 Å². The van der Waals surface area contributed by atoms with Gasteiger partial charge in [0.2, 0.25) is 5.91 Å². The number of ketones is 1. The van der Waals surface area contributed by atoms with E-state index in [4.69, 9.17) is 0 Å². The van der Waals surface area contributed by atoms with Gasteiger partial charge in [0.15, 0.2) is 10.9 Å². The molecule has 3 amide bonds. The van der Waals surface area contributed by atoms with E-state index in [2.05, 4.69) is 15.6 Å². The summed E-state index contributed by atoms with van der Waals surface area (Å²) in [4.78, 5) is 46.5. The molecule has 32 heavy (non-hydrogen) atoms. The molecule has 170 valence electrons. The van der Waals surface area contributed by atoms with Crippen molar-refractivity contribution in [2.75, 3.05) is 36.8 Å². The molecular formula is C23H29N5O3S. The molecule has 4 rings (SSSR count). The fraction of sp³-hybridized carbons (Fsp3) is 0.478. The van der Waals surface area contributed by atoms with E-state index >= 15 is 0 Å². The van der Waals surface area contributed by atoms with Crippen LogP contribution < -0.4 is 10.6 Å². The molecule has 1 aliphatic carbocycles. The van der Waals surface area contributed by atoms with Gasteiger partial charge in [-0.15, -0.1) is 11.3 Å². The number of hydrogen-bond acceptors (Lipinski definition) is 6. The Kier molecular flexibility index (Phi) is 7.36. The lowest BCUT2D eigenvalue weighted by atomic mass is 9.83. The average molecular weight is 456 g/mol. The predicted molar refractivity (Wildman–Crippen MR) is 125 cm³/mol. The number of benzene rings is 1. The van der Waals surface area contributed by atoms with E-state index in [0.717, 1.165) is 30.8 Å². The molecule has 1 aromatic heterocycles. The van der Waals surface area contributed by atoms with Gasteiger partial charge in [0.05, 0.1) is 0 Å². The van der Waals surface area contributed by atoms with Crippen LogP contribution in [0.3, 0.4) is 0 Å². The molecule has 1 unspecified atom stereocenters. The van der Waals surface area contributed by atoms with Gasteiger partial charge in [-0.2, -0.15) is 0 Å². The quantitative estimate of drug-likeness (QED) is 0.667. The summed E-state index contributed by atoms with van der Waals surface area (Å²) in [5.41, 5.74) is 0.686. The SMILES string of the molecule is O=C(C1CCCCC1)C(CNc1nccs1)N1CCN(C(=O)Nc2ccccc2)CC1=O. The van der Waals surface area contributed by atoms with Gasteiger partial charge in [0, 0.05) is 42.8 Å². The lowest BCUT2D eigenvalue weighted by molar-refractivity contribution is -0.144. The molecule has 9 heteroatoms. The standard InChI is InChI=1S/C23H29N5O3S/c29-20-16-27(23(31)26-18-9-5-2-6-10-18)12-13-28(20)19(15-25-22-24-11-14-32-22)21(30)17-7-3-1-4-8-17/h2,5-6,9-11,14,17,19H,1,3-4,7-8,12-13,15-16H2,(H,24,25)(H,26,31). The van der Waals surface area contributed by atoms with Gasteiger partial charge in [-0.25, -0.2) is 9.78 Å². The zero-order chi connectivity index (χ0) is 22.3. The van der Waals surface area contributed by atoms with E-state index in [-0.39, 0.29) is 30.2 Å². The van der Waals surface area contributed by atoms with Crippen LogP contribution in [0.4, 0.5) is 15.6 Å². The summed E-state index contributed by atoms with van der Waals surface area (Å²) in [7, 11) is 0. The number of hydrogen-bond donors (Lipinski definition) is 2.